The molecule has 0 aliphatic rings. The van der Waals surface area contributed by atoms with Gasteiger partial charge in [0.1, 0.15) is 18.6 Å². The fourth-order valence-corrected chi connectivity index (χ4v) is 1.52. The highest BCUT2D eigenvalue weighted by Crippen LogP contribution is 2.14. The van der Waals surface area contributed by atoms with E-state index in [-0.39, 0.29) is 18.0 Å². The molecule has 2 rings (SSSR count). The second-order valence-corrected chi connectivity index (χ2v) is 3.71. The topological polar surface area (TPSA) is 90.3 Å². The van der Waals surface area contributed by atoms with E-state index in [4.69, 9.17) is 9.52 Å². The average Bonchev–Trinajstić information content (AvgIpc) is 2.76. The average molecular weight is 237 g/mol. The van der Waals surface area contributed by atoms with Gasteiger partial charge in [-0.15, -0.1) is 0 Å². The fraction of sp³-hybridized carbons (Fsp3) is 0.300. The zero-order valence-corrected chi connectivity index (χ0v) is 9.38. The number of aryl methyl sites for hydroxylation is 2. The molecule has 0 atom stereocenters. The van der Waals surface area contributed by atoms with Crippen LogP contribution in [0.1, 0.15) is 21.9 Å². The van der Waals surface area contributed by atoms with E-state index in [9.17, 15) is 9.59 Å². The van der Waals surface area contributed by atoms with E-state index in [0.29, 0.717) is 11.3 Å². The number of furan rings is 1. The molecule has 1 N–H and O–H groups in total. The first-order valence-corrected chi connectivity index (χ1v) is 4.90. The summed E-state index contributed by atoms with van der Waals surface area (Å²) >= 11 is 0. The van der Waals surface area contributed by atoms with Crippen molar-refractivity contribution in [3.8, 4) is 0 Å². The van der Waals surface area contributed by atoms with E-state index in [2.05, 4.69) is 5.10 Å². The normalized spacial score (nSPS) is 10.7. The van der Waals surface area contributed by atoms with Crippen LogP contribution in [0, 0.1) is 6.92 Å². The van der Waals surface area contributed by atoms with Crippen LogP contribution < -0.4 is 5.69 Å². The Bertz CT molecular complexity index is 620. The number of aromatic nitrogens is 3. The van der Waals surface area contributed by atoms with E-state index in [1.807, 2.05) is 0 Å². The smallest absolute Gasteiger partial charge is 0.372 e. The first kappa shape index (κ1) is 11.2. The van der Waals surface area contributed by atoms with Crippen molar-refractivity contribution in [1.82, 2.24) is 14.3 Å². The minimum Gasteiger partial charge on any atom is -0.475 e. The zero-order valence-electron chi connectivity index (χ0n) is 9.38. The Kier molecular flexibility index (Phi) is 2.58. The second-order valence-electron chi connectivity index (χ2n) is 3.71. The van der Waals surface area contributed by atoms with E-state index in [1.165, 1.54) is 15.6 Å². The summed E-state index contributed by atoms with van der Waals surface area (Å²) in [7, 11) is 1.59. The number of hydrogen-bond acceptors (Lipinski definition) is 4. The van der Waals surface area contributed by atoms with Gasteiger partial charge in [-0.05, 0) is 13.0 Å². The van der Waals surface area contributed by atoms with Crippen LogP contribution in [0.3, 0.4) is 0 Å². The second kappa shape index (κ2) is 3.93. The van der Waals surface area contributed by atoms with Gasteiger partial charge in [-0.2, -0.15) is 5.10 Å². The van der Waals surface area contributed by atoms with Crippen molar-refractivity contribution in [3.63, 3.8) is 0 Å². The van der Waals surface area contributed by atoms with E-state index < -0.39 is 5.97 Å². The molecular weight excluding hydrogens is 226 g/mol. The van der Waals surface area contributed by atoms with E-state index >= 15 is 0 Å². The first-order chi connectivity index (χ1) is 7.99. The van der Waals surface area contributed by atoms with Gasteiger partial charge in [0.2, 0.25) is 5.76 Å². The maximum atomic E-state index is 11.5. The predicted octanol–water partition coefficient (Wildman–Crippen LogP) is 0.230. The van der Waals surface area contributed by atoms with Gasteiger partial charge in [0.05, 0.1) is 0 Å². The molecule has 0 saturated heterocycles. The molecule has 0 amide bonds. The van der Waals surface area contributed by atoms with Crippen LogP contribution in [0.2, 0.25) is 0 Å². The third-order valence-corrected chi connectivity index (χ3v) is 2.36. The van der Waals surface area contributed by atoms with Gasteiger partial charge in [-0.25, -0.2) is 14.3 Å². The lowest BCUT2D eigenvalue weighted by Crippen LogP contribution is -2.23. The Morgan fingerprint density at radius 2 is 2.29 bits per heavy atom. The van der Waals surface area contributed by atoms with Gasteiger partial charge in [0.25, 0.3) is 0 Å². The number of nitrogens with zero attached hydrogens (tertiary/aromatic N) is 3. The van der Waals surface area contributed by atoms with Crippen molar-refractivity contribution in [3.05, 3.63) is 40.0 Å². The Morgan fingerprint density at radius 3 is 2.76 bits per heavy atom. The summed E-state index contributed by atoms with van der Waals surface area (Å²) < 4.78 is 7.66. The molecule has 0 aliphatic heterocycles. The lowest BCUT2D eigenvalue weighted by molar-refractivity contribution is 0.0659. The summed E-state index contributed by atoms with van der Waals surface area (Å²) in [5.41, 5.74) is 0.243. The molecule has 0 saturated carbocycles. The van der Waals surface area contributed by atoms with Crippen LogP contribution in [0.5, 0.6) is 0 Å². The van der Waals surface area contributed by atoms with Gasteiger partial charge < -0.3 is 9.52 Å². The van der Waals surface area contributed by atoms with Crippen LogP contribution in [0.4, 0.5) is 0 Å². The molecule has 90 valence electrons. The van der Waals surface area contributed by atoms with Crippen molar-refractivity contribution < 1.29 is 14.3 Å². The molecule has 0 unspecified atom stereocenters. The van der Waals surface area contributed by atoms with Gasteiger partial charge >= 0.3 is 11.7 Å². The summed E-state index contributed by atoms with van der Waals surface area (Å²) in [4.78, 5) is 22.3. The quantitative estimate of drug-likeness (QED) is 0.825. The van der Waals surface area contributed by atoms with Gasteiger partial charge in [0.15, 0.2) is 0 Å². The number of carboxylic acid groups (broad SMARTS) is 1. The third-order valence-electron chi connectivity index (χ3n) is 2.36. The maximum absolute atomic E-state index is 11.5. The zero-order chi connectivity index (χ0) is 12.6. The Hall–Kier alpha value is -2.31. The lowest BCUT2D eigenvalue weighted by atomic mass is 10.2. The summed E-state index contributed by atoms with van der Waals surface area (Å²) in [5.74, 6) is -0.841. The van der Waals surface area contributed by atoms with Crippen LogP contribution in [-0.4, -0.2) is 25.4 Å². The standard InChI is InChI=1S/C10H11N3O4/c1-6-3-7(17-8(6)9(14)15)4-13-10(16)12(2)5-11-13/h3,5H,4H2,1-2H3,(H,14,15). The molecule has 2 heterocycles. The van der Waals surface area contributed by atoms with Crippen LogP contribution >= 0.6 is 0 Å². The van der Waals surface area contributed by atoms with Crippen molar-refractivity contribution >= 4 is 5.97 Å². The molecule has 0 bridgehead atoms. The van der Waals surface area contributed by atoms with Crippen molar-refractivity contribution in [2.24, 2.45) is 7.05 Å². The highest BCUT2D eigenvalue weighted by molar-refractivity contribution is 5.86. The molecular formula is C10H11N3O4. The lowest BCUT2D eigenvalue weighted by Gasteiger charge is -1.94. The number of hydrogen-bond donors (Lipinski definition) is 1. The fourth-order valence-electron chi connectivity index (χ4n) is 1.52. The molecule has 2 aromatic rings. The Balaban J connectivity index is 2.31. The summed E-state index contributed by atoms with van der Waals surface area (Å²) in [6, 6.07) is 1.59. The molecule has 17 heavy (non-hydrogen) atoms. The highest BCUT2D eigenvalue weighted by atomic mass is 16.4. The van der Waals surface area contributed by atoms with Crippen LogP contribution in [-0.2, 0) is 13.6 Å². The molecule has 0 radical (unpaired) electrons. The highest BCUT2D eigenvalue weighted by Gasteiger charge is 2.15. The molecule has 0 aromatic carbocycles. The monoisotopic (exact) mass is 237 g/mol. The number of aromatic carboxylic acids is 1. The van der Waals surface area contributed by atoms with Gasteiger partial charge in [-0.3, -0.25) is 4.57 Å². The number of carbonyl (C=O) groups is 1. The predicted molar refractivity (Wildman–Crippen MR) is 57.0 cm³/mol. The molecule has 0 spiro atoms. The van der Waals surface area contributed by atoms with Crippen molar-refractivity contribution in [2.45, 2.75) is 13.5 Å². The molecule has 0 aliphatic carbocycles. The van der Waals surface area contributed by atoms with Crippen molar-refractivity contribution in [1.29, 1.82) is 0 Å². The van der Waals surface area contributed by atoms with Gasteiger partial charge in [-0.1, -0.05) is 0 Å². The number of carboxylic acids is 1. The van der Waals surface area contributed by atoms with Gasteiger partial charge in [0, 0.05) is 12.6 Å². The maximum Gasteiger partial charge on any atom is 0.372 e. The molecule has 7 nitrogen and oxygen atoms in total. The third kappa shape index (κ3) is 1.99. The summed E-state index contributed by atoms with van der Waals surface area (Å²) in [6.45, 7) is 1.76. The summed E-state index contributed by atoms with van der Waals surface area (Å²) in [5, 5.41) is 12.7. The molecule has 7 heteroatoms. The summed E-state index contributed by atoms with van der Waals surface area (Å²) in [6.07, 6.45) is 1.39. The molecule has 0 fully saturated rings. The SMILES string of the molecule is Cc1cc(Cn2ncn(C)c2=O)oc1C(=O)O. The molecule has 2 aromatic heterocycles. The van der Waals surface area contributed by atoms with Crippen LogP contribution in [0.15, 0.2) is 21.6 Å². The number of rotatable bonds is 3. The minimum absolute atomic E-state index is 0.107. The largest absolute Gasteiger partial charge is 0.475 e. The Morgan fingerprint density at radius 1 is 1.59 bits per heavy atom. The van der Waals surface area contributed by atoms with Crippen LogP contribution in [0.25, 0.3) is 0 Å². The first-order valence-electron chi connectivity index (χ1n) is 4.90. The van der Waals surface area contributed by atoms with E-state index in [1.54, 1.807) is 20.0 Å². The minimum atomic E-state index is -1.12. The Labute approximate surface area is 95.9 Å². The van der Waals surface area contributed by atoms with Crippen molar-refractivity contribution in [2.75, 3.05) is 0 Å². The van der Waals surface area contributed by atoms with E-state index in [0.717, 1.165) is 0 Å².